The Bertz CT molecular complexity index is 1440. The Balaban J connectivity index is 1.82. The number of carbonyl (C=O) groups is 2. The molecule has 228 valence electrons. The van der Waals surface area contributed by atoms with E-state index < -0.39 is 41.4 Å². The van der Waals surface area contributed by atoms with Gasteiger partial charge in [0.2, 0.25) is 5.16 Å². The summed E-state index contributed by atoms with van der Waals surface area (Å²) in [4.78, 5) is 35.8. The normalized spacial score (nSPS) is 13.0. The van der Waals surface area contributed by atoms with Crippen LogP contribution in [0.1, 0.15) is 59.2 Å². The highest BCUT2D eigenvalue weighted by Gasteiger charge is 2.30. The smallest absolute Gasteiger partial charge is 0.422 e. The number of aromatic nitrogens is 3. The fourth-order valence-corrected chi connectivity index (χ4v) is 5.33. The molecule has 0 bridgehead atoms. The Morgan fingerprint density at radius 1 is 1.14 bits per heavy atom. The standard InChI is InChI=1S/C28H32F4N4O5S/c1-6-17(2)24-19(4)34-26(42(39)15-22-18(3)23(11-12-33-22)41-16-28(30,31)32)36(24)27(38)35(5)13-14-40-25(37)20-7-9-21(29)10-8-20/h7-12,17H,6,13-16H2,1-5H3/t17?,42-/m1/s1. The summed E-state index contributed by atoms with van der Waals surface area (Å²) >= 11 is 0. The number of hydrogen-bond acceptors (Lipinski definition) is 7. The molecule has 0 saturated heterocycles. The van der Waals surface area contributed by atoms with Crippen molar-refractivity contribution in [2.24, 2.45) is 0 Å². The molecule has 42 heavy (non-hydrogen) atoms. The number of benzene rings is 1. The fraction of sp³-hybridized carbons (Fsp3) is 0.429. The molecule has 2 heterocycles. The summed E-state index contributed by atoms with van der Waals surface area (Å²) in [6, 6.07) is 5.58. The molecule has 2 atom stereocenters. The second-order valence-electron chi connectivity index (χ2n) is 9.63. The molecular weight excluding hydrogens is 580 g/mol. The summed E-state index contributed by atoms with van der Waals surface area (Å²) in [7, 11) is -0.433. The van der Waals surface area contributed by atoms with Gasteiger partial charge in [0.05, 0.1) is 45.7 Å². The first kappa shape index (κ1) is 32.7. The van der Waals surface area contributed by atoms with Gasteiger partial charge in [0.25, 0.3) is 0 Å². The van der Waals surface area contributed by atoms with E-state index in [2.05, 4.69) is 9.97 Å². The van der Waals surface area contributed by atoms with Crippen LogP contribution in [-0.4, -0.2) is 68.6 Å². The van der Waals surface area contributed by atoms with Crippen LogP contribution in [0.3, 0.4) is 0 Å². The predicted octanol–water partition coefficient (Wildman–Crippen LogP) is 5.55. The molecule has 0 radical (unpaired) electrons. The molecule has 14 heteroatoms. The summed E-state index contributed by atoms with van der Waals surface area (Å²) in [6.07, 6.45) is -2.61. The van der Waals surface area contributed by atoms with Crippen molar-refractivity contribution in [2.75, 3.05) is 26.8 Å². The van der Waals surface area contributed by atoms with E-state index in [1.165, 1.54) is 47.8 Å². The Labute approximate surface area is 243 Å². The summed E-state index contributed by atoms with van der Waals surface area (Å²) in [6.45, 7) is 5.40. The van der Waals surface area contributed by atoms with E-state index in [-0.39, 0.29) is 47.0 Å². The topological polar surface area (TPSA) is 104 Å². The van der Waals surface area contributed by atoms with Gasteiger partial charge in [0.15, 0.2) is 6.61 Å². The van der Waals surface area contributed by atoms with Crippen molar-refractivity contribution in [3.63, 3.8) is 0 Å². The van der Waals surface area contributed by atoms with Crippen molar-refractivity contribution in [1.29, 1.82) is 0 Å². The van der Waals surface area contributed by atoms with E-state index in [4.69, 9.17) is 9.47 Å². The van der Waals surface area contributed by atoms with Crippen molar-refractivity contribution >= 4 is 22.8 Å². The number of esters is 1. The van der Waals surface area contributed by atoms with Gasteiger partial charge in [-0.05, 0) is 56.5 Å². The predicted molar refractivity (Wildman–Crippen MR) is 146 cm³/mol. The first-order valence-corrected chi connectivity index (χ1v) is 14.3. The number of alkyl halides is 3. The van der Waals surface area contributed by atoms with Gasteiger partial charge < -0.3 is 14.4 Å². The average Bonchev–Trinajstić information content (AvgIpc) is 3.29. The summed E-state index contributed by atoms with van der Waals surface area (Å²) in [5.41, 5.74) is 1.75. The Hall–Kier alpha value is -3.81. The maximum absolute atomic E-state index is 13.7. The largest absolute Gasteiger partial charge is 0.484 e. The number of carbonyl (C=O) groups excluding carboxylic acids is 2. The molecular formula is C28H32F4N4O5S. The monoisotopic (exact) mass is 612 g/mol. The minimum absolute atomic E-state index is 0.00568. The third-order valence-electron chi connectivity index (χ3n) is 6.52. The van der Waals surface area contributed by atoms with Crippen LogP contribution in [0.2, 0.25) is 0 Å². The molecule has 9 nitrogen and oxygen atoms in total. The van der Waals surface area contributed by atoms with Crippen molar-refractivity contribution < 1.29 is 40.8 Å². The average molecular weight is 613 g/mol. The quantitative estimate of drug-likeness (QED) is 0.207. The molecule has 0 aliphatic rings. The lowest BCUT2D eigenvalue weighted by molar-refractivity contribution is -0.153. The summed E-state index contributed by atoms with van der Waals surface area (Å²) < 4.78 is 76.1. The van der Waals surface area contributed by atoms with Crippen LogP contribution in [-0.2, 0) is 21.3 Å². The number of amides is 1. The van der Waals surface area contributed by atoms with E-state index >= 15 is 0 Å². The molecule has 1 aromatic carbocycles. The van der Waals surface area contributed by atoms with Crippen LogP contribution in [0, 0.1) is 19.7 Å². The first-order chi connectivity index (χ1) is 19.7. The van der Waals surface area contributed by atoms with Crippen molar-refractivity contribution in [2.45, 2.75) is 57.1 Å². The van der Waals surface area contributed by atoms with E-state index in [1.807, 2.05) is 13.8 Å². The minimum Gasteiger partial charge on any atom is -0.484 e. The Kier molecular flexibility index (Phi) is 10.8. The molecule has 0 aliphatic carbocycles. The number of rotatable bonds is 11. The number of nitrogens with zero attached hydrogens (tertiary/aromatic N) is 4. The molecule has 1 unspecified atom stereocenters. The van der Waals surface area contributed by atoms with Crippen LogP contribution in [0.4, 0.5) is 22.4 Å². The lowest BCUT2D eigenvalue weighted by Gasteiger charge is -2.22. The van der Waals surface area contributed by atoms with Gasteiger partial charge in [0.1, 0.15) is 18.2 Å². The van der Waals surface area contributed by atoms with Gasteiger partial charge in [-0.2, -0.15) is 13.2 Å². The third kappa shape index (κ3) is 8.14. The summed E-state index contributed by atoms with van der Waals surface area (Å²) in [5, 5.41) is -0.0363. The lowest BCUT2D eigenvalue weighted by Crippen LogP contribution is -2.36. The molecule has 3 rings (SSSR count). The van der Waals surface area contributed by atoms with E-state index in [0.717, 1.165) is 12.1 Å². The molecule has 0 N–H and O–H groups in total. The number of halogens is 4. The second kappa shape index (κ2) is 13.9. The Morgan fingerprint density at radius 2 is 1.81 bits per heavy atom. The van der Waals surface area contributed by atoms with Gasteiger partial charge in [-0.25, -0.2) is 23.5 Å². The molecule has 1 amide bonds. The van der Waals surface area contributed by atoms with Gasteiger partial charge in [-0.1, -0.05) is 13.8 Å². The van der Waals surface area contributed by atoms with Crippen molar-refractivity contribution in [1.82, 2.24) is 19.4 Å². The molecule has 3 aromatic rings. The zero-order valence-corrected chi connectivity index (χ0v) is 24.6. The molecule has 0 fully saturated rings. The van der Waals surface area contributed by atoms with E-state index in [0.29, 0.717) is 23.4 Å². The van der Waals surface area contributed by atoms with Crippen LogP contribution in [0.25, 0.3) is 0 Å². The Morgan fingerprint density at radius 3 is 2.43 bits per heavy atom. The molecule has 0 aliphatic heterocycles. The number of imidazole rings is 1. The molecule has 2 aromatic heterocycles. The highest BCUT2D eigenvalue weighted by molar-refractivity contribution is 7.84. The van der Waals surface area contributed by atoms with E-state index in [9.17, 15) is 31.4 Å². The van der Waals surface area contributed by atoms with E-state index in [1.54, 1.807) is 6.92 Å². The third-order valence-corrected chi connectivity index (χ3v) is 7.74. The van der Waals surface area contributed by atoms with Crippen LogP contribution in [0.15, 0.2) is 41.7 Å². The first-order valence-electron chi connectivity index (χ1n) is 13.0. The van der Waals surface area contributed by atoms with Gasteiger partial charge in [-0.3, -0.25) is 9.19 Å². The summed E-state index contributed by atoms with van der Waals surface area (Å²) in [5.74, 6) is -1.57. The highest BCUT2D eigenvalue weighted by atomic mass is 32.2. The van der Waals surface area contributed by atoms with Gasteiger partial charge in [0, 0.05) is 18.8 Å². The lowest BCUT2D eigenvalue weighted by atomic mass is 10.0. The van der Waals surface area contributed by atoms with Crippen LogP contribution >= 0.6 is 0 Å². The van der Waals surface area contributed by atoms with Crippen LogP contribution < -0.4 is 4.74 Å². The van der Waals surface area contributed by atoms with Gasteiger partial charge in [-0.15, -0.1) is 0 Å². The maximum atomic E-state index is 13.7. The van der Waals surface area contributed by atoms with Crippen LogP contribution in [0.5, 0.6) is 5.75 Å². The van der Waals surface area contributed by atoms with Crippen molar-refractivity contribution in [3.05, 3.63) is 70.6 Å². The molecule has 0 spiro atoms. The zero-order valence-electron chi connectivity index (χ0n) is 23.8. The fourth-order valence-electron chi connectivity index (χ4n) is 4.04. The number of aryl methyl sites for hydroxylation is 1. The van der Waals surface area contributed by atoms with Crippen molar-refractivity contribution in [3.8, 4) is 5.75 Å². The number of likely N-dealkylation sites (N-methyl/N-ethyl adjacent to an activating group) is 1. The molecule has 0 saturated carbocycles. The highest BCUT2D eigenvalue weighted by Crippen LogP contribution is 2.28. The number of ether oxygens (including phenoxy) is 2. The second-order valence-corrected chi connectivity index (χ2v) is 11.0. The van der Waals surface area contributed by atoms with Gasteiger partial charge >= 0.3 is 18.2 Å². The zero-order chi connectivity index (χ0) is 31.2. The minimum atomic E-state index is -4.53. The number of pyridine rings is 1. The number of hydrogen-bond donors (Lipinski definition) is 0. The maximum Gasteiger partial charge on any atom is 0.422 e. The SMILES string of the molecule is CCC(C)c1c(C)nc([S@](=O)Cc2nccc(OCC(F)(F)F)c2C)n1C(=O)N(C)CCOC(=O)c1ccc(F)cc1.